The molecule has 4 rings (SSSR count). The van der Waals surface area contributed by atoms with E-state index >= 15 is 0 Å². The van der Waals surface area contributed by atoms with E-state index in [-0.39, 0.29) is 12.0 Å². The highest BCUT2D eigenvalue weighted by Gasteiger charge is 2.43. The molecule has 35 heavy (non-hydrogen) atoms. The van der Waals surface area contributed by atoms with Crippen molar-refractivity contribution in [1.29, 1.82) is 0 Å². The quantitative estimate of drug-likeness (QED) is 0.362. The first-order valence-electron chi connectivity index (χ1n) is 14.9. The van der Waals surface area contributed by atoms with Crippen molar-refractivity contribution in [2.75, 3.05) is 33.4 Å². The summed E-state index contributed by atoms with van der Waals surface area (Å²) < 4.78 is 6.22. The van der Waals surface area contributed by atoms with Crippen LogP contribution in [-0.4, -0.2) is 50.8 Å². The van der Waals surface area contributed by atoms with Crippen molar-refractivity contribution >= 4 is 6.29 Å². The molecule has 4 aliphatic rings. The summed E-state index contributed by atoms with van der Waals surface area (Å²) in [5.41, 5.74) is 1.18. The van der Waals surface area contributed by atoms with E-state index in [0.29, 0.717) is 29.6 Å². The Labute approximate surface area is 214 Å². The molecule has 0 spiro atoms. The lowest BCUT2D eigenvalue weighted by atomic mass is 9.64. The SMILES string of the molecule is C=C(NCCC1CCCCC1)C1CC(C=O)CC(C2CCCC(CN3CC(CC)CO3)C2OC)C1. The molecule has 0 bridgehead atoms. The number of ether oxygens (including phenoxy) is 1. The van der Waals surface area contributed by atoms with Gasteiger partial charge in [0.25, 0.3) is 0 Å². The molecule has 5 nitrogen and oxygen atoms in total. The average molecular weight is 489 g/mol. The number of hydroxylamine groups is 2. The Morgan fingerprint density at radius 1 is 1.09 bits per heavy atom. The molecular weight excluding hydrogens is 436 g/mol. The van der Waals surface area contributed by atoms with Crippen LogP contribution in [-0.2, 0) is 14.4 Å². The molecule has 0 aromatic heterocycles. The third kappa shape index (κ3) is 7.32. The van der Waals surface area contributed by atoms with Crippen LogP contribution in [0.1, 0.15) is 90.4 Å². The lowest BCUT2D eigenvalue weighted by Crippen LogP contribution is -2.45. The predicted molar refractivity (Wildman–Crippen MR) is 142 cm³/mol. The average Bonchev–Trinajstić information content (AvgIpc) is 3.36. The first-order valence-corrected chi connectivity index (χ1v) is 14.9. The molecule has 0 radical (unpaired) electrons. The van der Waals surface area contributed by atoms with E-state index in [0.717, 1.165) is 51.4 Å². The summed E-state index contributed by atoms with van der Waals surface area (Å²) in [5, 5.41) is 5.91. The van der Waals surface area contributed by atoms with E-state index in [1.807, 2.05) is 7.11 Å². The van der Waals surface area contributed by atoms with E-state index in [1.54, 1.807) is 0 Å². The van der Waals surface area contributed by atoms with E-state index in [2.05, 4.69) is 23.9 Å². The van der Waals surface area contributed by atoms with Crippen LogP contribution in [0, 0.1) is 41.4 Å². The number of carbonyl (C=O) groups excluding carboxylic acids is 1. The maximum Gasteiger partial charge on any atom is 0.123 e. The molecule has 4 fully saturated rings. The number of nitrogens with one attached hydrogen (secondary N) is 1. The summed E-state index contributed by atoms with van der Waals surface area (Å²) in [6.07, 6.45) is 17.8. The Balaban J connectivity index is 1.33. The summed E-state index contributed by atoms with van der Waals surface area (Å²) in [4.78, 5) is 18.0. The van der Waals surface area contributed by atoms with Crippen molar-refractivity contribution in [1.82, 2.24) is 10.4 Å². The lowest BCUT2D eigenvalue weighted by Gasteiger charge is -2.45. The van der Waals surface area contributed by atoms with Crippen molar-refractivity contribution in [3.63, 3.8) is 0 Å². The highest BCUT2D eigenvalue weighted by atomic mass is 16.7. The van der Waals surface area contributed by atoms with Crippen LogP contribution in [0.5, 0.6) is 0 Å². The van der Waals surface area contributed by atoms with Crippen molar-refractivity contribution in [3.8, 4) is 0 Å². The standard InChI is InChI=1S/C30H52N2O3/c1-4-23-18-32(35-21-23)19-26-11-8-12-29(30(26)34-3)28-16-25(20-33)15-27(17-28)22(2)31-14-13-24-9-6-5-7-10-24/h20,23-31H,2,4-19,21H2,1,3H3. The Bertz CT molecular complexity index is 664. The number of aldehydes is 1. The number of hydrogen-bond donors (Lipinski definition) is 1. The maximum absolute atomic E-state index is 12.0. The fourth-order valence-corrected chi connectivity index (χ4v) is 7.81. The van der Waals surface area contributed by atoms with Gasteiger partial charge in [0.15, 0.2) is 0 Å². The van der Waals surface area contributed by atoms with Crippen LogP contribution in [0.3, 0.4) is 0 Å². The van der Waals surface area contributed by atoms with Crippen molar-refractivity contribution in [2.24, 2.45) is 41.4 Å². The Kier molecular flexibility index (Phi) is 10.5. The zero-order valence-corrected chi connectivity index (χ0v) is 22.6. The van der Waals surface area contributed by atoms with Gasteiger partial charge in [-0.1, -0.05) is 52.0 Å². The second-order valence-electron chi connectivity index (χ2n) is 12.3. The van der Waals surface area contributed by atoms with Crippen LogP contribution in [0.2, 0.25) is 0 Å². The summed E-state index contributed by atoms with van der Waals surface area (Å²) in [5.74, 6) is 3.70. The molecule has 200 valence electrons. The second kappa shape index (κ2) is 13.6. The topological polar surface area (TPSA) is 50.8 Å². The molecule has 1 aliphatic heterocycles. The van der Waals surface area contributed by atoms with Gasteiger partial charge in [0, 0.05) is 44.3 Å². The van der Waals surface area contributed by atoms with Gasteiger partial charge >= 0.3 is 0 Å². The zero-order valence-electron chi connectivity index (χ0n) is 22.6. The summed E-state index contributed by atoms with van der Waals surface area (Å²) in [6, 6.07) is 0. The largest absolute Gasteiger partial charge is 0.389 e. The number of nitrogens with zero attached hydrogens (tertiary/aromatic N) is 1. The minimum atomic E-state index is 0.153. The molecule has 3 saturated carbocycles. The van der Waals surface area contributed by atoms with Gasteiger partial charge in [0.05, 0.1) is 12.7 Å². The number of carbonyl (C=O) groups is 1. The molecule has 1 N–H and O–H groups in total. The van der Waals surface area contributed by atoms with Crippen LogP contribution < -0.4 is 5.32 Å². The van der Waals surface area contributed by atoms with Gasteiger partial charge in [-0.15, -0.1) is 0 Å². The lowest BCUT2D eigenvalue weighted by molar-refractivity contribution is -0.144. The third-order valence-corrected chi connectivity index (χ3v) is 9.94. The maximum atomic E-state index is 12.0. The van der Waals surface area contributed by atoms with Crippen LogP contribution in [0.25, 0.3) is 0 Å². The Hall–Kier alpha value is -0.910. The fraction of sp³-hybridized carbons (Fsp3) is 0.900. The second-order valence-corrected chi connectivity index (χ2v) is 12.3. The Morgan fingerprint density at radius 2 is 1.91 bits per heavy atom. The Morgan fingerprint density at radius 3 is 2.63 bits per heavy atom. The van der Waals surface area contributed by atoms with Gasteiger partial charge < -0.3 is 14.8 Å². The molecule has 7 atom stereocenters. The first kappa shape index (κ1) is 27.1. The van der Waals surface area contributed by atoms with Gasteiger partial charge in [0.2, 0.25) is 0 Å². The number of allylic oxidation sites excluding steroid dienone is 1. The van der Waals surface area contributed by atoms with Gasteiger partial charge in [-0.05, 0) is 74.5 Å². The van der Waals surface area contributed by atoms with Crippen LogP contribution >= 0.6 is 0 Å². The molecule has 0 aromatic carbocycles. The van der Waals surface area contributed by atoms with Crippen LogP contribution in [0.15, 0.2) is 12.3 Å². The molecule has 3 aliphatic carbocycles. The molecule has 5 heteroatoms. The number of methoxy groups -OCH3 is 1. The molecule has 0 amide bonds. The minimum Gasteiger partial charge on any atom is -0.389 e. The highest BCUT2D eigenvalue weighted by molar-refractivity contribution is 5.54. The number of rotatable bonds is 11. The van der Waals surface area contributed by atoms with E-state index in [4.69, 9.17) is 9.57 Å². The van der Waals surface area contributed by atoms with Gasteiger partial charge in [0.1, 0.15) is 6.29 Å². The minimum absolute atomic E-state index is 0.153. The molecule has 1 heterocycles. The van der Waals surface area contributed by atoms with Gasteiger partial charge in [-0.2, -0.15) is 5.06 Å². The van der Waals surface area contributed by atoms with Crippen molar-refractivity contribution in [2.45, 2.75) is 96.5 Å². The summed E-state index contributed by atoms with van der Waals surface area (Å²) in [7, 11) is 1.90. The van der Waals surface area contributed by atoms with E-state index < -0.39 is 0 Å². The first-order chi connectivity index (χ1) is 17.1. The van der Waals surface area contributed by atoms with Crippen molar-refractivity contribution in [3.05, 3.63) is 12.3 Å². The number of hydrogen-bond acceptors (Lipinski definition) is 5. The van der Waals surface area contributed by atoms with E-state index in [1.165, 1.54) is 76.2 Å². The van der Waals surface area contributed by atoms with Crippen LogP contribution in [0.4, 0.5) is 0 Å². The monoisotopic (exact) mass is 488 g/mol. The third-order valence-electron chi connectivity index (χ3n) is 9.94. The molecule has 0 aromatic rings. The summed E-state index contributed by atoms with van der Waals surface area (Å²) >= 11 is 0. The predicted octanol–water partition coefficient (Wildman–Crippen LogP) is 6.00. The molecule has 7 unspecified atom stereocenters. The summed E-state index contributed by atoms with van der Waals surface area (Å²) in [6.45, 7) is 10.7. The smallest absolute Gasteiger partial charge is 0.123 e. The van der Waals surface area contributed by atoms with Gasteiger partial charge in [-0.25, -0.2) is 0 Å². The highest BCUT2D eigenvalue weighted by Crippen LogP contribution is 2.46. The zero-order chi connectivity index (χ0) is 24.6. The molecule has 1 saturated heterocycles. The van der Waals surface area contributed by atoms with Gasteiger partial charge in [-0.3, -0.25) is 4.84 Å². The van der Waals surface area contributed by atoms with Crippen molar-refractivity contribution < 1.29 is 14.4 Å². The molecular formula is C30H52N2O3. The normalized spacial score (nSPS) is 37.3. The van der Waals surface area contributed by atoms with E-state index in [9.17, 15) is 4.79 Å². The fourth-order valence-electron chi connectivity index (χ4n) is 7.81.